The molecule has 0 aliphatic heterocycles. The van der Waals surface area contributed by atoms with E-state index in [0.717, 1.165) is 0 Å². The van der Waals surface area contributed by atoms with Gasteiger partial charge in [-0.1, -0.05) is 0 Å². The van der Waals surface area contributed by atoms with Gasteiger partial charge in [-0.05, 0) is 30.7 Å². The maximum absolute atomic E-state index is 12.9. The van der Waals surface area contributed by atoms with Gasteiger partial charge in [0.2, 0.25) is 0 Å². The Labute approximate surface area is 112 Å². The van der Waals surface area contributed by atoms with Crippen LogP contribution in [0, 0.1) is 12.7 Å². The van der Waals surface area contributed by atoms with Crippen molar-refractivity contribution in [1.29, 1.82) is 0 Å². The molecule has 0 unspecified atom stereocenters. The number of ether oxygens (including phenoxy) is 3. The van der Waals surface area contributed by atoms with Gasteiger partial charge in [0.25, 0.3) is 0 Å². The molecule has 0 spiro atoms. The van der Waals surface area contributed by atoms with Crippen molar-refractivity contribution in [1.82, 2.24) is 0 Å². The van der Waals surface area contributed by atoms with Crippen molar-refractivity contribution in [3.63, 3.8) is 0 Å². The van der Waals surface area contributed by atoms with Crippen LogP contribution in [-0.4, -0.2) is 39.5 Å². The van der Waals surface area contributed by atoms with Gasteiger partial charge in [-0.3, -0.25) is 0 Å². The number of esters is 1. The molecule has 0 N–H and O–H groups in total. The average molecular weight is 270 g/mol. The molecule has 1 rings (SSSR count). The number of methoxy groups -OCH3 is 1. The van der Waals surface area contributed by atoms with E-state index in [1.165, 1.54) is 18.2 Å². The Bertz CT molecular complexity index is 406. The summed E-state index contributed by atoms with van der Waals surface area (Å²) in [5.74, 6) is -0.796. The Hall–Kier alpha value is -1.46. The summed E-state index contributed by atoms with van der Waals surface area (Å²) >= 11 is 0. The van der Waals surface area contributed by atoms with Gasteiger partial charge in [-0.15, -0.1) is 0 Å². The van der Waals surface area contributed by atoms with Gasteiger partial charge in [0.1, 0.15) is 5.82 Å². The quantitative estimate of drug-likeness (QED) is 0.537. The Morgan fingerprint density at radius 2 is 2.00 bits per heavy atom. The van der Waals surface area contributed by atoms with Crippen molar-refractivity contribution in [2.75, 3.05) is 33.5 Å². The van der Waals surface area contributed by atoms with Crippen LogP contribution in [0.1, 0.15) is 22.3 Å². The van der Waals surface area contributed by atoms with E-state index in [2.05, 4.69) is 0 Å². The van der Waals surface area contributed by atoms with Crippen LogP contribution in [-0.2, 0) is 14.2 Å². The molecule has 0 saturated heterocycles. The third-order valence-electron chi connectivity index (χ3n) is 2.51. The second-order valence-corrected chi connectivity index (χ2v) is 4.05. The van der Waals surface area contributed by atoms with Crippen molar-refractivity contribution in [2.45, 2.75) is 13.3 Å². The SMILES string of the molecule is COCCOCCCOC(=O)c1ccc(F)cc1C. The molecule has 5 heteroatoms. The smallest absolute Gasteiger partial charge is 0.338 e. The zero-order chi connectivity index (χ0) is 14.1. The summed E-state index contributed by atoms with van der Waals surface area (Å²) < 4.78 is 28.0. The van der Waals surface area contributed by atoms with Gasteiger partial charge < -0.3 is 14.2 Å². The van der Waals surface area contributed by atoms with E-state index in [4.69, 9.17) is 14.2 Å². The highest BCUT2D eigenvalue weighted by atomic mass is 19.1. The first-order valence-electron chi connectivity index (χ1n) is 6.15. The van der Waals surface area contributed by atoms with Crippen molar-refractivity contribution in [3.05, 3.63) is 35.1 Å². The van der Waals surface area contributed by atoms with Crippen molar-refractivity contribution in [2.24, 2.45) is 0 Å². The lowest BCUT2D eigenvalue weighted by atomic mass is 10.1. The Morgan fingerprint density at radius 3 is 2.68 bits per heavy atom. The van der Waals surface area contributed by atoms with Crippen LogP contribution in [0.3, 0.4) is 0 Å². The molecule has 0 aromatic heterocycles. The second kappa shape index (κ2) is 8.61. The highest BCUT2D eigenvalue weighted by Gasteiger charge is 2.10. The molecule has 0 fully saturated rings. The number of carbonyl (C=O) groups is 1. The molecule has 0 radical (unpaired) electrons. The molecule has 19 heavy (non-hydrogen) atoms. The molecule has 1 aromatic carbocycles. The van der Waals surface area contributed by atoms with Crippen LogP contribution < -0.4 is 0 Å². The molecule has 0 atom stereocenters. The monoisotopic (exact) mass is 270 g/mol. The van der Waals surface area contributed by atoms with Crippen LogP contribution in [0.15, 0.2) is 18.2 Å². The van der Waals surface area contributed by atoms with Crippen molar-refractivity contribution < 1.29 is 23.4 Å². The number of benzene rings is 1. The first kappa shape index (κ1) is 15.6. The summed E-state index contributed by atoms with van der Waals surface area (Å²) in [6.45, 7) is 3.55. The zero-order valence-electron chi connectivity index (χ0n) is 11.3. The largest absolute Gasteiger partial charge is 0.462 e. The van der Waals surface area contributed by atoms with Gasteiger partial charge in [0.05, 0.1) is 25.4 Å². The van der Waals surface area contributed by atoms with Crippen LogP contribution in [0.2, 0.25) is 0 Å². The fourth-order valence-electron chi connectivity index (χ4n) is 1.50. The fraction of sp³-hybridized carbons (Fsp3) is 0.500. The van der Waals surface area contributed by atoms with E-state index in [1.807, 2.05) is 0 Å². The molecule has 4 nitrogen and oxygen atoms in total. The van der Waals surface area contributed by atoms with Gasteiger partial charge in [-0.25, -0.2) is 9.18 Å². The predicted octanol–water partition coefficient (Wildman–Crippen LogP) is 2.34. The maximum Gasteiger partial charge on any atom is 0.338 e. The Balaban J connectivity index is 2.24. The number of hydrogen-bond donors (Lipinski definition) is 0. The first-order chi connectivity index (χ1) is 9.15. The van der Waals surface area contributed by atoms with E-state index >= 15 is 0 Å². The molecule has 0 heterocycles. The Morgan fingerprint density at radius 1 is 1.21 bits per heavy atom. The lowest BCUT2D eigenvalue weighted by Gasteiger charge is -2.07. The van der Waals surface area contributed by atoms with Gasteiger partial charge in [0.15, 0.2) is 0 Å². The molecule has 106 valence electrons. The number of rotatable bonds is 8. The van der Waals surface area contributed by atoms with Crippen LogP contribution in [0.5, 0.6) is 0 Å². The minimum atomic E-state index is -0.436. The summed E-state index contributed by atoms with van der Waals surface area (Å²) in [6, 6.07) is 3.99. The number of aryl methyl sites for hydroxylation is 1. The molecule has 1 aromatic rings. The molecule has 0 amide bonds. The summed E-state index contributed by atoms with van der Waals surface area (Å²) in [6.07, 6.45) is 0.621. The van der Waals surface area contributed by atoms with E-state index in [9.17, 15) is 9.18 Å². The van der Waals surface area contributed by atoms with Crippen molar-refractivity contribution >= 4 is 5.97 Å². The van der Waals surface area contributed by atoms with Crippen LogP contribution >= 0.6 is 0 Å². The topological polar surface area (TPSA) is 44.8 Å². The normalized spacial score (nSPS) is 10.5. The lowest BCUT2D eigenvalue weighted by Crippen LogP contribution is -2.11. The third-order valence-corrected chi connectivity index (χ3v) is 2.51. The third kappa shape index (κ3) is 5.81. The van der Waals surface area contributed by atoms with E-state index in [0.29, 0.717) is 37.4 Å². The minimum absolute atomic E-state index is 0.280. The van der Waals surface area contributed by atoms with Gasteiger partial charge in [-0.2, -0.15) is 0 Å². The van der Waals surface area contributed by atoms with Crippen molar-refractivity contribution in [3.8, 4) is 0 Å². The number of halogens is 1. The number of hydrogen-bond acceptors (Lipinski definition) is 4. The predicted molar refractivity (Wildman–Crippen MR) is 68.7 cm³/mol. The molecule has 0 bridgehead atoms. The fourth-order valence-corrected chi connectivity index (χ4v) is 1.50. The molecule has 0 aliphatic carbocycles. The van der Waals surface area contributed by atoms with E-state index < -0.39 is 5.97 Å². The van der Waals surface area contributed by atoms with Crippen LogP contribution in [0.4, 0.5) is 4.39 Å². The zero-order valence-corrected chi connectivity index (χ0v) is 11.3. The summed E-state index contributed by atoms with van der Waals surface area (Å²) in [5.41, 5.74) is 0.961. The maximum atomic E-state index is 12.9. The van der Waals surface area contributed by atoms with Gasteiger partial charge in [0, 0.05) is 20.1 Å². The standard InChI is InChI=1S/C14H19FO4/c1-11-10-12(15)4-5-13(11)14(16)19-7-3-6-18-9-8-17-2/h4-5,10H,3,6-9H2,1-2H3. The summed E-state index contributed by atoms with van der Waals surface area (Å²) in [4.78, 5) is 11.7. The summed E-state index contributed by atoms with van der Waals surface area (Å²) in [7, 11) is 1.61. The molecule has 0 saturated carbocycles. The van der Waals surface area contributed by atoms with E-state index in [1.54, 1.807) is 14.0 Å². The minimum Gasteiger partial charge on any atom is -0.462 e. The molecular weight excluding hydrogens is 251 g/mol. The highest BCUT2D eigenvalue weighted by Crippen LogP contribution is 2.11. The Kier molecular flexibility index (Phi) is 7.07. The molecule has 0 aliphatic rings. The molecular formula is C14H19FO4. The first-order valence-corrected chi connectivity index (χ1v) is 6.15. The second-order valence-electron chi connectivity index (χ2n) is 4.05. The lowest BCUT2D eigenvalue weighted by molar-refractivity contribution is 0.0385. The van der Waals surface area contributed by atoms with E-state index in [-0.39, 0.29) is 12.4 Å². The number of carbonyl (C=O) groups excluding carboxylic acids is 1. The van der Waals surface area contributed by atoms with Crippen LogP contribution in [0.25, 0.3) is 0 Å². The average Bonchev–Trinajstić information content (AvgIpc) is 2.37. The van der Waals surface area contributed by atoms with Gasteiger partial charge >= 0.3 is 5.97 Å². The highest BCUT2D eigenvalue weighted by molar-refractivity contribution is 5.90. The summed E-state index contributed by atoms with van der Waals surface area (Å²) in [5, 5.41) is 0.